The number of anilines is 1. The van der Waals surface area contributed by atoms with Crippen molar-refractivity contribution in [2.45, 2.75) is 30.9 Å². The van der Waals surface area contributed by atoms with Gasteiger partial charge in [0.15, 0.2) is 11.2 Å². The van der Waals surface area contributed by atoms with Crippen LogP contribution in [0.4, 0.5) is 5.69 Å². The van der Waals surface area contributed by atoms with Crippen LogP contribution in [0.25, 0.3) is 22.1 Å². The van der Waals surface area contributed by atoms with Gasteiger partial charge >= 0.3 is 0 Å². The van der Waals surface area contributed by atoms with Crippen molar-refractivity contribution in [3.8, 4) is 0 Å². The summed E-state index contributed by atoms with van der Waals surface area (Å²) in [6, 6.07) is 17.3. The summed E-state index contributed by atoms with van der Waals surface area (Å²) in [7, 11) is 0. The van der Waals surface area contributed by atoms with Crippen molar-refractivity contribution < 1.29 is 9.21 Å². The summed E-state index contributed by atoms with van der Waals surface area (Å²) in [5.41, 5.74) is 4.52. The van der Waals surface area contributed by atoms with Gasteiger partial charge in [-0.15, -0.1) is 0 Å². The summed E-state index contributed by atoms with van der Waals surface area (Å²) < 4.78 is 7.64. The molecule has 0 unspecified atom stereocenters. The minimum absolute atomic E-state index is 0.184. The van der Waals surface area contributed by atoms with E-state index in [1.165, 1.54) is 11.8 Å². The van der Waals surface area contributed by atoms with Crippen molar-refractivity contribution in [3.05, 3.63) is 78.1 Å². The van der Waals surface area contributed by atoms with Gasteiger partial charge in [-0.1, -0.05) is 42.1 Å². The van der Waals surface area contributed by atoms with Gasteiger partial charge in [-0.05, 0) is 43.7 Å². The molecule has 0 bridgehead atoms. The second-order valence-corrected chi connectivity index (χ2v) is 8.59. The Kier molecular flexibility index (Phi) is 5.36. The monoisotopic (exact) mass is 443 g/mol. The predicted octanol–water partition coefficient (Wildman–Crippen LogP) is 5.70. The largest absolute Gasteiger partial charge is 0.431 e. The van der Waals surface area contributed by atoms with E-state index in [-0.39, 0.29) is 11.9 Å². The van der Waals surface area contributed by atoms with E-state index in [2.05, 4.69) is 34.2 Å². The number of benzene rings is 2. The molecule has 2 aromatic carbocycles. The summed E-state index contributed by atoms with van der Waals surface area (Å²) >= 11 is 1.46. The normalized spacial score (nSPS) is 11.5. The van der Waals surface area contributed by atoms with Crippen LogP contribution in [0, 0.1) is 0 Å². The molecular formula is C24H21N5O2S. The molecule has 0 aliphatic heterocycles. The number of thioether (sulfide) groups is 1. The van der Waals surface area contributed by atoms with Crippen LogP contribution >= 0.6 is 11.8 Å². The Hall–Kier alpha value is -3.65. The van der Waals surface area contributed by atoms with Crippen LogP contribution in [-0.4, -0.2) is 25.7 Å². The molecule has 7 nitrogen and oxygen atoms in total. The molecule has 0 atom stereocenters. The Bertz CT molecular complexity index is 1390. The first-order valence-corrected chi connectivity index (χ1v) is 11.3. The zero-order valence-electron chi connectivity index (χ0n) is 17.6. The average Bonchev–Trinajstić information content (AvgIpc) is 3.41. The van der Waals surface area contributed by atoms with Crippen molar-refractivity contribution in [1.29, 1.82) is 0 Å². The van der Waals surface area contributed by atoms with Crippen LogP contribution in [0.3, 0.4) is 0 Å². The fraction of sp³-hybridized carbons (Fsp3) is 0.167. The molecular weight excluding hydrogens is 422 g/mol. The number of para-hydroxylation sites is 2. The maximum Gasteiger partial charge on any atom is 0.257 e. The maximum atomic E-state index is 13.0. The first-order chi connectivity index (χ1) is 15.6. The van der Waals surface area contributed by atoms with Gasteiger partial charge in [-0.25, -0.2) is 14.6 Å². The van der Waals surface area contributed by atoms with E-state index in [0.717, 1.165) is 27.7 Å². The van der Waals surface area contributed by atoms with Gasteiger partial charge in [0.1, 0.15) is 5.52 Å². The number of nitrogens with zero attached hydrogens (tertiary/aromatic N) is 4. The van der Waals surface area contributed by atoms with E-state index >= 15 is 0 Å². The summed E-state index contributed by atoms with van der Waals surface area (Å²) in [5, 5.41) is 8.81. The molecule has 5 aromatic rings. The molecule has 1 N–H and O–H groups in total. The zero-order chi connectivity index (χ0) is 22.1. The fourth-order valence-corrected chi connectivity index (χ4v) is 4.35. The van der Waals surface area contributed by atoms with E-state index < -0.39 is 0 Å². The highest BCUT2D eigenvalue weighted by molar-refractivity contribution is 7.98. The number of aromatic nitrogens is 4. The van der Waals surface area contributed by atoms with Crippen LogP contribution < -0.4 is 5.32 Å². The van der Waals surface area contributed by atoms with Crippen molar-refractivity contribution in [3.63, 3.8) is 0 Å². The standard InChI is InChI=1S/C24H21N5O2S/c1-15(2)29-22-17(12-26-29)11-18(13-25-22)27-23(30)19-8-4-3-7-16(19)14-32-24-28-20-9-5-6-10-21(20)31-24/h3-13,15H,14H2,1-2H3,(H,27,30). The van der Waals surface area contributed by atoms with Gasteiger partial charge in [0, 0.05) is 22.7 Å². The zero-order valence-corrected chi connectivity index (χ0v) is 18.5. The molecule has 1 amide bonds. The summed E-state index contributed by atoms with van der Waals surface area (Å²) in [6.45, 7) is 4.11. The summed E-state index contributed by atoms with van der Waals surface area (Å²) in [4.78, 5) is 22.0. The number of amides is 1. The second-order valence-electron chi connectivity index (χ2n) is 7.67. The van der Waals surface area contributed by atoms with Crippen molar-refractivity contribution in [2.24, 2.45) is 0 Å². The molecule has 0 saturated heterocycles. The molecule has 0 saturated carbocycles. The van der Waals surface area contributed by atoms with Gasteiger partial charge in [0.2, 0.25) is 0 Å². The van der Waals surface area contributed by atoms with Gasteiger partial charge < -0.3 is 9.73 Å². The van der Waals surface area contributed by atoms with Crippen LogP contribution in [0.2, 0.25) is 0 Å². The lowest BCUT2D eigenvalue weighted by molar-refractivity contribution is 0.102. The number of hydrogen-bond donors (Lipinski definition) is 1. The molecule has 3 heterocycles. The van der Waals surface area contributed by atoms with Crippen molar-refractivity contribution in [1.82, 2.24) is 19.7 Å². The highest BCUT2D eigenvalue weighted by Gasteiger charge is 2.15. The third-order valence-electron chi connectivity index (χ3n) is 5.07. The highest BCUT2D eigenvalue weighted by atomic mass is 32.2. The SMILES string of the molecule is CC(C)n1ncc2cc(NC(=O)c3ccccc3CSc3nc4ccccc4o3)cnc21. The summed E-state index contributed by atoms with van der Waals surface area (Å²) in [5.74, 6) is 0.380. The number of pyridine rings is 1. The quantitative estimate of drug-likeness (QED) is 0.339. The fourth-order valence-electron chi connectivity index (χ4n) is 3.50. The maximum absolute atomic E-state index is 13.0. The molecule has 0 spiro atoms. The third-order valence-corrected chi connectivity index (χ3v) is 5.94. The highest BCUT2D eigenvalue weighted by Crippen LogP contribution is 2.28. The van der Waals surface area contributed by atoms with Crippen LogP contribution in [-0.2, 0) is 5.75 Å². The Labute approximate surface area is 188 Å². The second kappa shape index (κ2) is 8.47. The Morgan fingerprint density at radius 1 is 1.12 bits per heavy atom. The number of rotatable bonds is 6. The van der Waals surface area contributed by atoms with Gasteiger partial charge in [-0.2, -0.15) is 5.10 Å². The van der Waals surface area contributed by atoms with Crippen LogP contribution in [0.15, 0.2) is 76.6 Å². The number of carbonyl (C=O) groups is 1. The average molecular weight is 444 g/mol. The topological polar surface area (TPSA) is 85.8 Å². The Balaban J connectivity index is 1.33. The Morgan fingerprint density at radius 3 is 2.78 bits per heavy atom. The molecule has 160 valence electrons. The third kappa shape index (κ3) is 3.97. The van der Waals surface area contributed by atoms with Crippen molar-refractivity contribution in [2.75, 3.05) is 5.32 Å². The molecule has 0 fully saturated rings. The molecule has 0 aliphatic rings. The number of hydrogen-bond acceptors (Lipinski definition) is 6. The first kappa shape index (κ1) is 20.3. The lowest BCUT2D eigenvalue weighted by Gasteiger charge is -2.10. The van der Waals surface area contributed by atoms with E-state index in [1.807, 2.05) is 59.3 Å². The molecule has 5 rings (SSSR count). The van der Waals surface area contributed by atoms with Crippen LogP contribution in [0.1, 0.15) is 35.8 Å². The van der Waals surface area contributed by atoms with Crippen molar-refractivity contribution >= 4 is 45.5 Å². The minimum Gasteiger partial charge on any atom is -0.431 e. The van der Waals surface area contributed by atoms with Gasteiger partial charge in [-0.3, -0.25) is 4.79 Å². The number of fused-ring (bicyclic) bond motifs is 2. The predicted molar refractivity (Wildman–Crippen MR) is 126 cm³/mol. The molecule has 3 aromatic heterocycles. The van der Waals surface area contributed by atoms with E-state index in [4.69, 9.17) is 4.42 Å². The smallest absolute Gasteiger partial charge is 0.257 e. The van der Waals surface area contributed by atoms with Crippen LogP contribution in [0.5, 0.6) is 0 Å². The molecule has 8 heteroatoms. The number of carbonyl (C=O) groups excluding carboxylic acids is 1. The van der Waals surface area contributed by atoms with E-state index in [0.29, 0.717) is 22.2 Å². The lowest BCUT2D eigenvalue weighted by Crippen LogP contribution is -2.14. The minimum atomic E-state index is -0.184. The number of oxazole rings is 1. The molecule has 0 aliphatic carbocycles. The lowest BCUT2D eigenvalue weighted by atomic mass is 10.1. The van der Waals surface area contributed by atoms with Gasteiger partial charge in [0.05, 0.1) is 18.1 Å². The first-order valence-electron chi connectivity index (χ1n) is 10.3. The van der Waals surface area contributed by atoms with Gasteiger partial charge in [0.25, 0.3) is 11.1 Å². The van der Waals surface area contributed by atoms with E-state index in [9.17, 15) is 4.79 Å². The Morgan fingerprint density at radius 2 is 1.94 bits per heavy atom. The summed E-state index contributed by atoms with van der Waals surface area (Å²) in [6.07, 6.45) is 3.43. The molecule has 0 radical (unpaired) electrons. The number of nitrogens with one attached hydrogen (secondary N) is 1. The molecule has 32 heavy (non-hydrogen) atoms. The van der Waals surface area contributed by atoms with E-state index in [1.54, 1.807) is 12.4 Å².